The molecule has 7 heteroatoms. The van der Waals surface area contributed by atoms with E-state index in [2.05, 4.69) is 31.9 Å². The van der Waals surface area contributed by atoms with E-state index in [1.165, 1.54) is 5.56 Å². The SMILES string of the molecule is Clc1cnc(N2CCN(Cc3ccc4c(c3)OCO4)CC2)nc1. The fraction of sp³-hybridized carbons (Fsp3) is 0.375. The molecule has 0 unspecified atom stereocenters. The largest absolute Gasteiger partial charge is 0.454 e. The van der Waals surface area contributed by atoms with Crippen LogP contribution in [0, 0.1) is 0 Å². The van der Waals surface area contributed by atoms with Gasteiger partial charge in [-0.05, 0) is 17.7 Å². The van der Waals surface area contributed by atoms with Crippen LogP contribution in [-0.2, 0) is 6.54 Å². The minimum Gasteiger partial charge on any atom is -0.454 e. The quantitative estimate of drug-likeness (QED) is 0.858. The first-order valence-electron chi connectivity index (χ1n) is 7.61. The molecule has 2 aliphatic rings. The molecule has 0 amide bonds. The van der Waals surface area contributed by atoms with Crippen molar-refractivity contribution in [1.29, 1.82) is 0 Å². The summed E-state index contributed by atoms with van der Waals surface area (Å²) in [4.78, 5) is 13.2. The maximum atomic E-state index is 5.83. The van der Waals surface area contributed by atoms with Crippen molar-refractivity contribution in [2.75, 3.05) is 37.9 Å². The second-order valence-corrected chi connectivity index (χ2v) is 6.09. The van der Waals surface area contributed by atoms with Gasteiger partial charge in [-0.2, -0.15) is 0 Å². The van der Waals surface area contributed by atoms with Gasteiger partial charge in [0.25, 0.3) is 0 Å². The van der Waals surface area contributed by atoms with Gasteiger partial charge in [-0.25, -0.2) is 9.97 Å². The number of hydrogen-bond acceptors (Lipinski definition) is 6. The van der Waals surface area contributed by atoms with Crippen molar-refractivity contribution in [2.24, 2.45) is 0 Å². The van der Waals surface area contributed by atoms with Gasteiger partial charge in [-0.3, -0.25) is 4.90 Å². The highest BCUT2D eigenvalue weighted by Crippen LogP contribution is 2.32. The molecule has 0 bridgehead atoms. The normalized spacial score (nSPS) is 17.5. The van der Waals surface area contributed by atoms with E-state index in [-0.39, 0.29) is 0 Å². The lowest BCUT2D eigenvalue weighted by molar-refractivity contribution is 0.174. The number of fused-ring (bicyclic) bond motifs is 1. The van der Waals surface area contributed by atoms with Crippen molar-refractivity contribution in [3.8, 4) is 11.5 Å². The smallest absolute Gasteiger partial charge is 0.231 e. The highest BCUT2D eigenvalue weighted by Gasteiger charge is 2.20. The van der Waals surface area contributed by atoms with Crippen LogP contribution in [0.5, 0.6) is 11.5 Å². The van der Waals surface area contributed by atoms with Crippen LogP contribution in [0.4, 0.5) is 5.95 Å². The summed E-state index contributed by atoms with van der Waals surface area (Å²) in [6.07, 6.45) is 3.28. The lowest BCUT2D eigenvalue weighted by Crippen LogP contribution is -2.46. The van der Waals surface area contributed by atoms with E-state index < -0.39 is 0 Å². The molecule has 0 N–H and O–H groups in total. The summed E-state index contributed by atoms with van der Waals surface area (Å²) in [5.41, 5.74) is 1.24. The summed E-state index contributed by atoms with van der Waals surface area (Å²) in [5.74, 6) is 2.42. The Labute approximate surface area is 139 Å². The molecule has 2 aromatic rings. The first-order valence-corrected chi connectivity index (χ1v) is 7.99. The van der Waals surface area contributed by atoms with Gasteiger partial charge in [-0.1, -0.05) is 17.7 Å². The van der Waals surface area contributed by atoms with E-state index in [4.69, 9.17) is 21.1 Å². The van der Waals surface area contributed by atoms with Crippen LogP contribution in [0.1, 0.15) is 5.56 Å². The Balaban J connectivity index is 1.35. The van der Waals surface area contributed by atoms with Crippen LogP contribution >= 0.6 is 11.6 Å². The van der Waals surface area contributed by atoms with Gasteiger partial charge in [0.15, 0.2) is 11.5 Å². The van der Waals surface area contributed by atoms with Crippen LogP contribution in [0.25, 0.3) is 0 Å². The van der Waals surface area contributed by atoms with Crippen molar-refractivity contribution in [1.82, 2.24) is 14.9 Å². The van der Waals surface area contributed by atoms with Crippen molar-refractivity contribution in [2.45, 2.75) is 6.54 Å². The second kappa shape index (κ2) is 6.22. The van der Waals surface area contributed by atoms with Crippen LogP contribution < -0.4 is 14.4 Å². The minimum atomic E-state index is 0.318. The third kappa shape index (κ3) is 3.18. The molecule has 0 saturated carbocycles. The Morgan fingerprint density at radius 2 is 1.74 bits per heavy atom. The zero-order chi connectivity index (χ0) is 15.6. The molecule has 120 valence electrons. The maximum absolute atomic E-state index is 5.83. The summed E-state index contributed by atoms with van der Waals surface area (Å²) >= 11 is 5.83. The number of halogens is 1. The summed E-state index contributed by atoms with van der Waals surface area (Å²) in [6.45, 7) is 4.99. The molecule has 0 atom stereocenters. The molecule has 0 radical (unpaired) electrons. The van der Waals surface area contributed by atoms with Gasteiger partial charge in [-0.15, -0.1) is 0 Å². The van der Waals surface area contributed by atoms with Gasteiger partial charge in [0.1, 0.15) is 0 Å². The van der Waals surface area contributed by atoms with Crippen LogP contribution in [0.15, 0.2) is 30.6 Å². The van der Waals surface area contributed by atoms with E-state index >= 15 is 0 Å². The second-order valence-electron chi connectivity index (χ2n) is 5.65. The molecule has 4 rings (SSSR count). The standard InChI is InChI=1S/C16H17ClN4O2/c17-13-8-18-16(19-9-13)21-5-3-20(4-6-21)10-12-1-2-14-15(7-12)23-11-22-14/h1-2,7-9H,3-6,10-11H2. The van der Waals surface area contributed by atoms with Gasteiger partial charge >= 0.3 is 0 Å². The Hall–Kier alpha value is -2.05. The summed E-state index contributed by atoms with van der Waals surface area (Å²) in [5, 5.41) is 0.565. The van der Waals surface area contributed by atoms with Crippen molar-refractivity contribution in [3.05, 3.63) is 41.2 Å². The van der Waals surface area contributed by atoms with Crippen LogP contribution in [-0.4, -0.2) is 47.8 Å². The highest BCUT2D eigenvalue weighted by molar-refractivity contribution is 6.30. The molecule has 6 nitrogen and oxygen atoms in total. The third-order valence-corrected chi connectivity index (χ3v) is 4.30. The number of anilines is 1. The predicted octanol–water partition coefficient (Wildman–Crippen LogP) is 2.18. The molecule has 2 aliphatic heterocycles. The van der Waals surface area contributed by atoms with Crippen molar-refractivity contribution < 1.29 is 9.47 Å². The van der Waals surface area contributed by atoms with Gasteiger partial charge in [0.2, 0.25) is 12.7 Å². The summed E-state index contributed by atoms with van der Waals surface area (Å²) in [6, 6.07) is 6.15. The Morgan fingerprint density at radius 3 is 2.52 bits per heavy atom. The first-order chi connectivity index (χ1) is 11.3. The number of ether oxygens (including phenoxy) is 2. The lowest BCUT2D eigenvalue weighted by Gasteiger charge is -2.34. The van der Waals surface area contributed by atoms with E-state index in [9.17, 15) is 0 Å². The van der Waals surface area contributed by atoms with E-state index in [0.29, 0.717) is 11.8 Å². The molecule has 1 aromatic carbocycles. The topological polar surface area (TPSA) is 50.7 Å². The number of piperazine rings is 1. The maximum Gasteiger partial charge on any atom is 0.231 e. The third-order valence-electron chi connectivity index (χ3n) is 4.10. The predicted molar refractivity (Wildman–Crippen MR) is 87.1 cm³/mol. The Kier molecular flexibility index (Phi) is 3.93. The van der Waals surface area contributed by atoms with Crippen molar-refractivity contribution >= 4 is 17.5 Å². The molecule has 3 heterocycles. The van der Waals surface area contributed by atoms with Gasteiger partial charge in [0, 0.05) is 32.7 Å². The Morgan fingerprint density at radius 1 is 1.00 bits per heavy atom. The highest BCUT2D eigenvalue weighted by atomic mass is 35.5. The molecule has 0 spiro atoms. The molecule has 0 aliphatic carbocycles. The molecular formula is C16H17ClN4O2. The molecule has 1 fully saturated rings. The number of benzene rings is 1. The van der Waals surface area contributed by atoms with Crippen LogP contribution in [0.3, 0.4) is 0 Å². The zero-order valence-electron chi connectivity index (χ0n) is 12.6. The van der Waals surface area contributed by atoms with Crippen LogP contribution in [0.2, 0.25) is 5.02 Å². The van der Waals surface area contributed by atoms with E-state index in [1.54, 1.807) is 12.4 Å². The Bertz CT molecular complexity index is 687. The average Bonchev–Trinajstić information content (AvgIpc) is 3.04. The molecule has 1 aromatic heterocycles. The van der Waals surface area contributed by atoms with Gasteiger partial charge in [0.05, 0.1) is 17.4 Å². The van der Waals surface area contributed by atoms with Crippen molar-refractivity contribution in [3.63, 3.8) is 0 Å². The molecule has 23 heavy (non-hydrogen) atoms. The van der Waals surface area contributed by atoms with E-state index in [0.717, 1.165) is 50.2 Å². The van der Waals surface area contributed by atoms with E-state index in [1.807, 2.05) is 6.07 Å². The summed E-state index contributed by atoms with van der Waals surface area (Å²) < 4.78 is 10.8. The number of rotatable bonds is 3. The zero-order valence-corrected chi connectivity index (χ0v) is 13.4. The lowest BCUT2D eigenvalue weighted by atomic mass is 10.1. The summed E-state index contributed by atoms with van der Waals surface area (Å²) in [7, 11) is 0. The fourth-order valence-electron chi connectivity index (χ4n) is 2.87. The molecule has 1 saturated heterocycles. The number of aromatic nitrogens is 2. The monoisotopic (exact) mass is 332 g/mol. The fourth-order valence-corrected chi connectivity index (χ4v) is 2.97. The molecular weight excluding hydrogens is 316 g/mol. The number of nitrogens with zero attached hydrogens (tertiary/aromatic N) is 4. The van der Waals surface area contributed by atoms with Gasteiger partial charge < -0.3 is 14.4 Å². The number of hydrogen-bond donors (Lipinski definition) is 0. The first kappa shape index (κ1) is 14.5. The minimum absolute atomic E-state index is 0.318. The average molecular weight is 333 g/mol.